The minimum atomic E-state index is -0.537. The lowest BCUT2D eigenvalue weighted by molar-refractivity contribution is 0.0950. The van der Waals surface area contributed by atoms with E-state index in [0.717, 1.165) is 5.56 Å². The second-order valence-electron chi connectivity index (χ2n) is 5.46. The standard InChI is InChI=1S/C20H22N2O5/c1-4-11-27-17-10-7-15(12-18(17)25-2)19(23)21-13-14-5-8-16(9-6-14)22-20(24)26-3/h4-10,12H,1,11,13H2,2-3H3,(H,21,23)(H,22,24). The summed E-state index contributed by atoms with van der Waals surface area (Å²) in [6.45, 7) is 4.29. The van der Waals surface area contributed by atoms with Gasteiger partial charge in [-0.2, -0.15) is 0 Å². The van der Waals surface area contributed by atoms with Gasteiger partial charge in [-0.25, -0.2) is 4.79 Å². The summed E-state index contributed by atoms with van der Waals surface area (Å²) in [5, 5.41) is 5.40. The zero-order valence-corrected chi connectivity index (χ0v) is 15.3. The maximum atomic E-state index is 12.4. The number of hydrogen-bond acceptors (Lipinski definition) is 5. The van der Waals surface area contributed by atoms with Crippen molar-refractivity contribution in [1.29, 1.82) is 0 Å². The molecule has 27 heavy (non-hydrogen) atoms. The Balaban J connectivity index is 1.96. The molecule has 2 aromatic carbocycles. The van der Waals surface area contributed by atoms with Crippen LogP contribution < -0.4 is 20.1 Å². The van der Waals surface area contributed by atoms with Crippen LogP contribution in [-0.2, 0) is 11.3 Å². The van der Waals surface area contributed by atoms with E-state index in [9.17, 15) is 9.59 Å². The van der Waals surface area contributed by atoms with Gasteiger partial charge in [0.25, 0.3) is 5.91 Å². The molecule has 2 N–H and O–H groups in total. The Kier molecular flexibility index (Phi) is 7.25. The molecular weight excluding hydrogens is 348 g/mol. The van der Waals surface area contributed by atoms with Crippen molar-refractivity contribution < 1.29 is 23.8 Å². The summed E-state index contributed by atoms with van der Waals surface area (Å²) in [6.07, 6.45) is 1.09. The van der Waals surface area contributed by atoms with Crippen molar-refractivity contribution in [3.05, 3.63) is 66.2 Å². The summed E-state index contributed by atoms with van der Waals surface area (Å²) >= 11 is 0. The molecular formula is C20H22N2O5. The quantitative estimate of drug-likeness (QED) is 0.696. The highest BCUT2D eigenvalue weighted by molar-refractivity contribution is 5.94. The molecule has 7 nitrogen and oxygen atoms in total. The Bertz CT molecular complexity index is 803. The van der Waals surface area contributed by atoms with Gasteiger partial charge in [-0.05, 0) is 35.9 Å². The lowest BCUT2D eigenvalue weighted by Gasteiger charge is -2.11. The molecule has 0 saturated heterocycles. The summed E-state index contributed by atoms with van der Waals surface area (Å²) in [4.78, 5) is 23.5. The van der Waals surface area contributed by atoms with E-state index in [0.29, 0.717) is 35.9 Å². The van der Waals surface area contributed by atoms with Crippen LogP contribution in [0.3, 0.4) is 0 Å². The van der Waals surface area contributed by atoms with Crippen molar-refractivity contribution in [3.63, 3.8) is 0 Å². The van der Waals surface area contributed by atoms with Gasteiger partial charge in [0.05, 0.1) is 14.2 Å². The number of carbonyl (C=O) groups excluding carboxylic acids is 2. The van der Waals surface area contributed by atoms with Gasteiger partial charge in [0, 0.05) is 17.8 Å². The first-order valence-electron chi connectivity index (χ1n) is 8.21. The molecule has 0 spiro atoms. The van der Waals surface area contributed by atoms with E-state index < -0.39 is 6.09 Å². The molecule has 0 aromatic heterocycles. The van der Waals surface area contributed by atoms with E-state index in [4.69, 9.17) is 9.47 Å². The molecule has 0 unspecified atom stereocenters. The molecule has 0 atom stereocenters. The Morgan fingerprint density at radius 2 is 1.81 bits per heavy atom. The summed E-state index contributed by atoms with van der Waals surface area (Å²) in [6, 6.07) is 12.0. The minimum absolute atomic E-state index is 0.236. The van der Waals surface area contributed by atoms with Gasteiger partial charge < -0.3 is 19.5 Å². The SMILES string of the molecule is C=CCOc1ccc(C(=O)NCc2ccc(NC(=O)OC)cc2)cc1OC. The zero-order chi connectivity index (χ0) is 19.6. The van der Waals surface area contributed by atoms with Crippen LogP contribution in [0.2, 0.25) is 0 Å². The third kappa shape index (κ3) is 5.78. The maximum absolute atomic E-state index is 12.4. The lowest BCUT2D eigenvalue weighted by atomic mass is 10.1. The molecule has 2 rings (SSSR count). The van der Waals surface area contributed by atoms with E-state index in [1.54, 1.807) is 48.5 Å². The van der Waals surface area contributed by atoms with Crippen LogP contribution in [0.4, 0.5) is 10.5 Å². The van der Waals surface area contributed by atoms with Gasteiger partial charge in [-0.15, -0.1) is 0 Å². The van der Waals surface area contributed by atoms with Crippen molar-refractivity contribution in [2.75, 3.05) is 26.1 Å². The zero-order valence-electron chi connectivity index (χ0n) is 15.3. The molecule has 2 aromatic rings. The summed E-state index contributed by atoms with van der Waals surface area (Å²) in [5.74, 6) is 0.783. The molecule has 0 saturated carbocycles. The van der Waals surface area contributed by atoms with Crippen LogP contribution in [-0.4, -0.2) is 32.8 Å². The largest absolute Gasteiger partial charge is 0.493 e. The van der Waals surface area contributed by atoms with Gasteiger partial charge >= 0.3 is 6.09 Å². The third-order valence-electron chi connectivity index (χ3n) is 3.62. The summed E-state index contributed by atoms with van der Waals surface area (Å²) in [7, 11) is 2.81. The van der Waals surface area contributed by atoms with Crippen molar-refractivity contribution in [1.82, 2.24) is 5.32 Å². The molecule has 0 heterocycles. The van der Waals surface area contributed by atoms with Crippen molar-refractivity contribution >= 4 is 17.7 Å². The van der Waals surface area contributed by atoms with Crippen molar-refractivity contribution in [2.45, 2.75) is 6.54 Å². The van der Waals surface area contributed by atoms with Crippen LogP contribution in [0.5, 0.6) is 11.5 Å². The predicted molar refractivity (Wildman–Crippen MR) is 102 cm³/mol. The van der Waals surface area contributed by atoms with Crippen LogP contribution in [0.15, 0.2) is 55.1 Å². The topological polar surface area (TPSA) is 85.9 Å². The number of carbonyl (C=O) groups is 2. The minimum Gasteiger partial charge on any atom is -0.493 e. The number of nitrogens with one attached hydrogen (secondary N) is 2. The molecule has 0 aliphatic rings. The third-order valence-corrected chi connectivity index (χ3v) is 3.62. The molecule has 0 bridgehead atoms. The summed E-state index contributed by atoms with van der Waals surface area (Å²) < 4.78 is 15.3. The van der Waals surface area contributed by atoms with Gasteiger partial charge in [0.15, 0.2) is 11.5 Å². The molecule has 0 aliphatic heterocycles. The van der Waals surface area contributed by atoms with Gasteiger partial charge in [-0.1, -0.05) is 24.8 Å². The van der Waals surface area contributed by atoms with Crippen LogP contribution >= 0.6 is 0 Å². The lowest BCUT2D eigenvalue weighted by Crippen LogP contribution is -2.22. The Morgan fingerprint density at radius 3 is 2.44 bits per heavy atom. The Hall–Kier alpha value is -3.48. The summed E-state index contributed by atoms with van der Waals surface area (Å²) in [5.41, 5.74) is 1.95. The van der Waals surface area contributed by atoms with E-state index in [2.05, 4.69) is 21.9 Å². The van der Waals surface area contributed by atoms with Crippen molar-refractivity contribution in [3.8, 4) is 11.5 Å². The number of ether oxygens (including phenoxy) is 3. The Morgan fingerprint density at radius 1 is 1.07 bits per heavy atom. The fourth-order valence-corrected chi connectivity index (χ4v) is 2.24. The first-order valence-corrected chi connectivity index (χ1v) is 8.21. The fourth-order valence-electron chi connectivity index (χ4n) is 2.24. The van der Waals surface area contributed by atoms with E-state index in [-0.39, 0.29) is 5.91 Å². The van der Waals surface area contributed by atoms with Gasteiger partial charge in [-0.3, -0.25) is 10.1 Å². The molecule has 0 fully saturated rings. The Labute approximate surface area is 157 Å². The van der Waals surface area contributed by atoms with Crippen molar-refractivity contribution in [2.24, 2.45) is 0 Å². The molecule has 2 amide bonds. The molecule has 142 valence electrons. The predicted octanol–water partition coefficient (Wildman–Crippen LogP) is 3.37. The normalized spacial score (nSPS) is 9.85. The average Bonchev–Trinajstić information content (AvgIpc) is 2.71. The highest BCUT2D eigenvalue weighted by atomic mass is 16.5. The number of amides is 2. The maximum Gasteiger partial charge on any atom is 0.411 e. The molecule has 0 aliphatic carbocycles. The molecule has 7 heteroatoms. The highest BCUT2D eigenvalue weighted by Gasteiger charge is 2.11. The van der Waals surface area contributed by atoms with Gasteiger partial charge in [0.1, 0.15) is 6.61 Å². The van der Waals surface area contributed by atoms with E-state index in [1.165, 1.54) is 14.2 Å². The number of hydrogen-bond donors (Lipinski definition) is 2. The molecule has 0 radical (unpaired) electrons. The number of anilines is 1. The average molecular weight is 370 g/mol. The number of methoxy groups -OCH3 is 2. The highest BCUT2D eigenvalue weighted by Crippen LogP contribution is 2.28. The monoisotopic (exact) mass is 370 g/mol. The number of rotatable bonds is 8. The van der Waals surface area contributed by atoms with Crippen LogP contribution in [0.25, 0.3) is 0 Å². The van der Waals surface area contributed by atoms with Gasteiger partial charge in [0.2, 0.25) is 0 Å². The fraction of sp³-hybridized carbons (Fsp3) is 0.200. The smallest absolute Gasteiger partial charge is 0.411 e. The first kappa shape index (κ1) is 19.8. The van der Waals surface area contributed by atoms with Crippen LogP contribution in [0.1, 0.15) is 15.9 Å². The van der Waals surface area contributed by atoms with Crippen LogP contribution in [0, 0.1) is 0 Å². The van der Waals surface area contributed by atoms with E-state index in [1.807, 2.05) is 0 Å². The van der Waals surface area contributed by atoms with E-state index >= 15 is 0 Å². The second kappa shape index (κ2) is 9.86. The first-order chi connectivity index (χ1) is 13.1. The number of benzene rings is 2. The second-order valence-corrected chi connectivity index (χ2v) is 5.46.